The Bertz CT molecular complexity index is 1060. The van der Waals surface area contributed by atoms with Crippen LogP contribution < -0.4 is 15.4 Å². The highest BCUT2D eigenvalue weighted by Gasteiger charge is 2.23. The van der Waals surface area contributed by atoms with E-state index in [4.69, 9.17) is 4.74 Å². The van der Waals surface area contributed by atoms with Crippen LogP contribution >= 0.6 is 0 Å². The number of carbonyl (C=O) groups excluding carboxylic acids is 1. The van der Waals surface area contributed by atoms with Crippen molar-refractivity contribution in [3.05, 3.63) is 66.0 Å². The molecule has 1 amide bonds. The zero-order chi connectivity index (χ0) is 19.1. The molecule has 2 aliphatic heterocycles. The fourth-order valence-corrected chi connectivity index (χ4v) is 3.85. The first-order chi connectivity index (χ1) is 13.7. The number of nitrogens with zero attached hydrogens (tertiary/aromatic N) is 2. The molecular formula is C22H22N4O2. The molecule has 0 atom stereocenters. The molecule has 5 rings (SSSR count). The number of rotatable bonds is 2. The Morgan fingerprint density at radius 3 is 2.71 bits per heavy atom. The molecule has 0 spiro atoms. The van der Waals surface area contributed by atoms with Crippen LogP contribution in [0.3, 0.4) is 0 Å². The van der Waals surface area contributed by atoms with Gasteiger partial charge in [0, 0.05) is 25.4 Å². The summed E-state index contributed by atoms with van der Waals surface area (Å²) in [7, 11) is 1.89. The molecule has 1 aromatic heterocycles. The van der Waals surface area contributed by atoms with Gasteiger partial charge >= 0.3 is 0 Å². The second-order valence-electron chi connectivity index (χ2n) is 7.19. The molecule has 0 saturated heterocycles. The summed E-state index contributed by atoms with van der Waals surface area (Å²) in [5.41, 5.74) is 6.22. The number of nitrogens with one attached hydrogen (secondary N) is 2. The number of ether oxygens (including phenoxy) is 1. The number of hydrogen-bond donors (Lipinski definition) is 2. The quantitative estimate of drug-likeness (QED) is 0.721. The van der Waals surface area contributed by atoms with Crippen LogP contribution in [0.15, 0.2) is 54.7 Å². The maximum atomic E-state index is 13.0. The monoisotopic (exact) mass is 374 g/mol. The predicted octanol–water partition coefficient (Wildman–Crippen LogP) is 3.52. The van der Waals surface area contributed by atoms with Gasteiger partial charge in [0.1, 0.15) is 18.1 Å². The van der Waals surface area contributed by atoms with Crippen LogP contribution in [0.5, 0.6) is 5.75 Å². The number of amides is 1. The van der Waals surface area contributed by atoms with Crippen molar-refractivity contribution in [3.8, 4) is 16.9 Å². The second kappa shape index (κ2) is 6.64. The summed E-state index contributed by atoms with van der Waals surface area (Å²) in [6, 6.07) is 16.3. The fraction of sp³-hybridized carbons (Fsp3) is 0.227. The van der Waals surface area contributed by atoms with E-state index in [2.05, 4.69) is 41.0 Å². The highest BCUT2D eigenvalue weighted by molar-refractivity contribution is 5.93. The summed E-state index contributed by atoms with van der Waals surface area (Å²) in [4.78, 5) is 14.8. The molecule has 0 bridgehead atoms. The SMILES string of the molecule is Cn1cccc1C(=O)N1CCOc2ccc(-c3ccc4c(c3)NCN4)cc2C1. The van der Waals surface area contributed by atoms with Crippen molar-refractivity contribution in [3.63, 3.8) is 0 Å². The van der Waals surface area contributed by atoms with E-state index in [-0.39, 0.29) is 5.91 Å². The minimum Gasteiger partial charge on any atom is -0.491 e. The molecule has 3 heterocycles. The lowest BCUT2D eigenvalue weighted by Crippen LogP contribution is -2.33. The number of benzene rings is 2. The maximum absolute atomic E-state index is 13.0. The average Bonchev–Trinajstić information content (AvgIpc) is 3.29. The minimum absolute atomic E-state index is 0.0298. The first-order valence-electron chi connectivity index (χ1n) is 9.47. The van der Waals surface area contributed by atoms with Gasteiger partial charge in [-0.05, 0) is 47.5 Å². The molecule has 0 unspecified atom stereocenters. The molecule has 28 heavy (non-hydrogen) atoms. The molecule has 6 heteroatoms. The third-order valence-electron chi connectivity index (χ3n) is 5.40. The highest BCUT2D eigenvalue weighted by Crippen LogP contribution is 2.34. The summed E-state index contributed by atoms with van der Waals surface area (Å²) >= 11 is 0. The van der Waals surface area contributed by atoms with Gasteiger partial charge in [-0.1, -0.05) is 12.1 Å². The van der Waals surface area contributed by atoms with Crippen molar-refractivity contribution >= 4 is 17.3 Å². The maximum Gasteiger partial charge on any atom is 0.270 e. The van der Waals surface area contributed by atoms with E-state index in [9.17, 15) is 4.79 Å². The summed E-state index contributed by atoms with van der Waals surface area (Å²) in [5, 5.41) is 6.63. The van der Waals surface area contributed by atoms with Crippen LogP contribution in [0.25, 0.3) is 11.1 Å². The number of hydrogen-bond acceptors (Lipinski definition) is 4. The number of anilines is 2. The first-order valence-corrected chi connectivity index (χ1v) is 9.47. The van der Waals surface area contributed by atoms with Crippen LogP contribution in [-0.4, -0.2) is 35.2 Å². The van der Waals surface area contributed by atoms with Gasteiger partial charge in [0.2, 0.25) is 0 Å². The van der Waals surface area contributed by atoms with Gasteiger partial charge < -0.3 is 24.8 Å². The third kappa shape index (κ3) is 2.87. The summed E-state index contributed by atoms with van der Waals surface area (Å²) in [6.45, 7) is 2.37. The zero-order valence-corrected chi connectivity index (χ0v) is 15.7. The van der Waals surface area contributed by atoms with E-state index >= 15 is 0 Å². The van der Waals surface area contributed by atoms with Gasteiger partial charge in [-0.15, -0.1) is 0 Å². The number of aryl methyl sites for hydroxylation is 1. The van der Waals surface area contributed by atoms with Gasteiger partial charge in [0.25, 0.3) is 5.91 Å². The Morgan fingerprint density at radius 2 is 1.86 bits per heavy atom. The Labute approximate surface area is 163 Å². The van der Waals surface area contributed by atoms with Crippen molar-refractivity contribution in [1.82, 2.24) is 9.47 Å². The summed E-state index contributed by atoms with van der Waals surface area (Å²) in [5.74, 6) is 0.883. The van der Waals surface area contributed by atoms with Gasteiger partial charge in [-0.25, -0.2) is 0 Å². The molecule has 0 radical (unpaired) electrons. The molecule has 2 N–H and O–H groups in total. The minimum atomic E-state index is 0.0298. The van der Waals surface area contributed by atoms with Crippen molar-refractivity contribution in [2.24, 2.45) is 7.05 Å². The van der Waals surface area contributed by atoms with Gasteiger partial charge in [-0.3, -0.25) is 4.79 Å². The largest absolute Gasteiger partial charge is 0.491 e. The lowest BCUT2D eigenvalue weighted by atomic mass is 10.0. The first kappa shape index (κ1) is 16.7. The van der Waals surface area contributed by atoms with E-state index in [1.807, 2.05) is 40.9 Å². The predicted molar refractivity (Wildman–Crippen MR) is 110 cm³/mol. The Morgan fingerprint density at radius 1 is 1.04 bits per heavy atom. The van der Waals surface area contributed by atoms with Crippen molar-refractivity contribution in [2.75, 3.05) is 30.5 Å². The Hall–Kier alpha value is -3.41. The highest BCUT2D eigenvalue weighted by atomic mass is 16.5. The standard InChI is InChI=1S/C22H22N4O2/c1-25-8-2-3-20(25)22(27)26-9-10-28-21-7-5-15(11-17(21)13-26)16-4-6-18-19(12-16)24-14-23-18/h2-8,11-12,23-24H,9-10,13-14H2,1H3. The summed E-state index contributed by atoms with van der Waals surface area (Å²) < 4.78 is 7.78. The molecular weight excluding hydrogens is 352 g/mol. The van der Waals surface area contributed by atoms with Gasteiger partial charge in [0.05, 0.1) is 24.6 Å². The van der Waals surface area contributed by atoms with E-state index in [0.717, 1.165) is 40.5 Å². The van der Waals surface area contributed by atoms with E-state index in [1.165, 1.54) is 0 Å². The normalized spacial score (nSPS) is 15.0. The van der Waals surface area contributed by atoms with E-state index in [1.54, 1.807) is 0 Å². The molecule has 2 aliphatic rings. The zero-order valence-electron chi connectivity index (χ0n) is 15.7. The molecule has 3 aromatic rings. The number of aromatic nitrogens is 1. The fourth-order valence-electron chi connectivity index (χ4n) is 3.85. The number of carbonyl (C=O) groups is 1. The smallest absolute Gasteiger partial charge is 0.270 e. The molecule has 2 aromatic carbocycles. The number of fused-ring (bicyclic) bond motifs is 2. The average molecular weight is 374 g/mol. The lowest BCUT2D eigenvalue weighted by Gasteiger charge is -2.20. The van der Waals surface area contributed by atoms with Crippen molar-refractivity contribution in [1.29, 1.82) is 0 Å². The topological polar surface area (TPSA) is 58.5 Å². The van der Waals surface area contributed by atoms with Crippen molar-refractivity contribution in [2.45, 2.75) is 6.54 Å². The third-order valence-corrected chi connectivity index (χ3v) is 5.40. The second-order valence-corrected chi connectivity index (χ2v) is 7.19. The molecule has 0 aliphatic carbocycles. The lowest BCUT2D eigenvalue weighted by molar-refractivity contribution is 0.0723. The summed E-state index contributed by atoms with van der Waals surface area (Å²) in [6.07, 6.45) is 1.89. The van der Waals surface area contributed by atoms with Gasteiger partial charge in [-0.2, -0.15) is 0 Å². The Kier molecular flexibility index (Phi) is 3.97. The van der Waals surface area contributed by atoms with Gasteiger partial charge in [0.15, 0.2) is 0 Å². The van der Waals surface area contributed by atoms with Crippen LogP contribution in [0.4, 0.5) is 11.4 Å². The van der Waals surface area contributed by atoms with Crippen LogP contribution in [-0.2, 0) is 13.6 Å². The molecule has 0 fully saturated rings. The molecule has 142 valence electrons. The van der Waals surface area contributed by atoms with E-state index in [0.29, 0.717) is 25.4 Å². The van der Waals surface area contributed by atoms with Crippen LogP contribution in [0.1, 0.15) is 16.1 Å². The molecule has 0 saturated carbocycles. The molecule has 6 nitrogen and oxygen atoms in total. The Balaban J connectivity index is 1.46. The van der Waals surface area contributed by atoms with Crippen LogP contribution in [0.2, 0.25) is 0 Å². The van der Waals surface area contributed by atoms with Crippen molar-refractivity contribution < 1.29 is 9.53 Å². The van der Waals surface area contributed by atoms with E-state index < -0.39 is 0 Å². The van der Waals surface area contributed by atoms with Crippen LogP contribution in [0, 0.1) is 0 Å².